The Morgan fingerprint density at radius 2 is 2.06 bits per heavy atom. The van der Waals surface area contributed by atoms with E-state index in [-0.39, 0.29) is 5.75 Å². The van der Waals surface area contributed by atoms with Crippen LogP contribution in [0.3, 0.4) is 0 Å². The second-order valence-corrected chi connectivity index (χ2v) is 5.47. The Kier molecular flexibility index (Phi) is 4.14. The lowest BCUT2D eigenvalue weighted by molar-refractivity contribution is 0.596. The largest absolute Gasteiger partial charge is 0.397 e. The molecule has 0 aliphatic heterocycles. The van der Waals surface area contributed by atoms with Crippen LogP contribution in [0.1, 0.15) is 12.0 Å². The van der Waals surface area contributed by atoms with Gasteiger partial charge < -0.3 is 11.1 Å². The van der Waals surface area contributed by atoms with Crippen molar-refractivity contribution in [1.29, 1.82) is 0 Å². The molecule has 0 aromatic heterocycles. The van der Waals surface area contributed by atoms with Gasteiger partial charge in [-0.1, -0.05) is 6.07 Å². The van der Waals surface area contributed by atoms with Crippen molar-refractivity contribution in [2.75, 3.05) is 23.3 Å². The maximum Gasteiger partial charge on any atom is 0.209 e. The smallest absolute Gasteiger partial charge is 0.209 e. The van der Waals surface area contributed by atoms with E-state index in [4.69, 9.17) is 10.9 Å². The van der Waals surface area contributed by atoms with Gasteiger partial charge in [0.25, 0.3) is 0 Å². The average Bonchev–Trinajstić information content (AvgIpc) is 2.13. The predicted octanol–water partition coefficient (Wildman–Crippen LogP) is 0.668. The summed E-state index contributed by atoms with van der Waals surface area (Å²) >= 11 is 0. The number of nitrogens with one attached hydrogen (secondary N) is 1. The zero-order valence-electron chi connectivity index (χ0n) is 9.23. The Hall–Kier alpha value is -1.27. The summed E-state index contributed by atoms with van der Waals surface area (Å²) in [5.41, 5.74) is 8.36. The van der Waals surface area contributed by atoms with Gasteiger partial charge in [0.1, 0.15) is 0 Å². The maximum absolute atomic E-state index is 10.7. The standard InChI is InChI=1S/C10H17N3O2S/c1-8-3-4-10(9(11)7-8)13-5-2-6-16(12,14)15/h3-4,7,13H,2,5-6,11H2,1H3,(H2,12,14,15). The first-order chi connectivity index (χ1) is 7.38. The lowest BCUT2D eigenvalue weighted by Crippen LogP contribution is -2.18. The van der Waals surface area contributed by atoms with Gasteiger partial charge in [-0.25, -0.2) is 13.6 Å². The third-order valence-corrected chi connectivity index (χ3v) is 2.99. The van der Waals surface area contributed by atoms with Crippen molar-refractivity contribution < 1.29 is 8.42 Å². The minimum atomic E-state index is -3.37. The minimum Gasteiger partial charge on any atom is -0.397 e. The van der Waals surface area contributed by atoms with Crippen molar-refractivity contribution >= 4 is 21.4 Å². The van der Waals surface area contributed by atoms with E-state index in [2.05, 4.69) is 5.32 Å². The number of sulfonamides is 1. The van der Waals surface area contributed by atoms with Gasteiger partial charge in [0.15, 0.2) is 0 Å². The van der Waals surface area contributed by atoms with Crippen LogP contribution >= 0.6 is 0 Å². The number of hydrogen-bond donors (Lipinski definition) is 3. The summed E-state index contributed by atoms with van der Waals surface area (Å²) in [5, 5.41) is 7.95. The summed E-state index contributed by atoms with van der Waals surface area (Å²) in [7, 11) is -3.37. The van der Waals surface area contributed by atoms with E-state index in [1.807, 2.05) is 25.1 Å². The van der Waals surface area contributed by atoms with Crippen LogP contribution in [-0.2, 0) is 10.0 Å². The van der Waals surface area contributed by atoms with E-state index in [1.165, 1.54) is 0 Å². The molecule has 0 amide bonds. The molecule has 5 nitrogen and oxygen atoms in total. The van der Waals surface area contributed by atoms with Crippen LogP contribution < -0.4 is 16.2 Å². The van der Waals surface area contributed by atoms with E-state index in [9.17, 15) is 8.42 Å². The highest BCUT2D eigenvalue weighted by Crippen LogP contribution is 2.19. The number of anilines is 2. The lowest BCUT2D eigenvalue weighted by atomic mass is 10.2. The van der Waals surface area contributed by atoms with Crippen LogP contribution in [-0.4, -0.2) is 20.7 Å². The molecule has 0 radical (unpaired) electrons. The fourth-order valence-corrected chi connectivity index (χ4v) is 1.89. The Morgan fingerprint density at radius 3 is 2.62 bits per heavy atom. The van der Waals surface area contributed by atoms with Crippen molar-refractivity contribution in [3.8, 4) is 0 Å². The Labute approximate surface area is 95.9 Å². The van der Waals surface area contributed by atoms with Gasteiger partial charge in [0, 0.05) is 6.54 Å². The first kappa shape index (κ1) is 12.8. The summed E-state index contributed by atoms with van der Waals surface area (Å²) in [5.74, 6) is -0.0221. The molecule has 16 heavy (non-hydrogen) atoms. The van der Waals surface area contributed by atoms with Gasteiger partial charge in [-0.05, 0) is 31.0 Å². The summed E-state index contributed by atoms with van der Waals surface area (Å²) in [6, 6.07) is 5.68. The van der Waals surface area contributed by atoms with Crippen LogP contribution in [0.5, 0.6) is 0 Å². The highest BCUT2D eigenvalue weighted by atomic mass is 32.2. The third kappa shape index (κ3) is 4.50. The molecule has 0 spiro atoms. The van der Waals surface area contributed by atoms with Gasteiger partial charge in [-0.15, -0.1) is 0 Å². The summed E-state index contributed by atoms with van der Waals surface area (Å²) in [6.07, 6.45) is 0.464. The minimum absolute atomic E-state index is 0.0221. The number of aryl methyl sites for hydroxylation is 1. The van der Waals surface area contributed by atoms with E-state index >= 15 is 0 Å². The van der Waals surface area contributed by atoms with E-state index in [0.717, 1.165) is 11.3 Å². The van der Waals surface area contributed by atoms with Crippen molar-refractivity contribution in [1.82, 2.24) is 0 Å². The molecule has 0 fully saturated rings. The SMILES string of the molecule is Cc1ccc(NCCCS(N)(=O)=O)c(N)c1. The number of primary sulfonamides is 1. The quantitative estimate of drug-likeness (QED) is 0.523. The van der Waals surface area contributed by atoms with Crippen LogP contribution in [0.4, 0.5) is 11.4 Å². The van der Waals surface area contributed by atoms with Gasteiger partial charge in [-0.3, -0.25) is 0 Å². The fraction of sp³-hybridized carbons (Fsp3) is 0.400. The van der Waals surface area contributed by atoms with Gasteiger partial charge in [0.05, 0.1) is 17.1 Å². The molecular weight excluding hydrogens is 226 g/mol. The molecule has 0 heterocycles. The molecule has 0 saturated heterocycles. The van der Waals surface area contributed by atoms with E-state index in [0.29, 0.717) is 18.7 Å². The number of nitrogens with two attached hydrogens (primary N) is 2. The number of nitrogen functional groups attached to an aromatic ring is 1. The van der Waals surface area contributed by atoms with Crippen LogP contribution in [0.2, 0.25) is 0 Å². The number of hydrogen-bond acceptors (Lipinski definition) is 4. The van der Waals surface area contributed by atoms with Crippen molar-refractivity contribution in [2.24, 2.45) is 5.14 Å². The molecule has 1 aromatic rings. The van der Waals surface area contributed by atoms with E-state index < -0.39 is 10.0 Å². The van der Waals surface area contributed by atoms with Crippen molar-refractivity contribution in [2.45, 2.75) is 13.3 Å². The molecule has 0 atom stereocenters. The summed E-state index contributed by atoms with van der Waals surface area (Å²) < 4.78 is 21.4. The van der Waals surface area contributed by atoms with Crippen molar-refractivity contribution in [3.63, 3.8) is 0 Å². The second-order valence-electron chi connectivity index (χ2n) is 3.74. The zero-order chi connectivity index (χ0) is 12.2. The third-order valence-electron chi connectivity index (χ3n) is 2.13. The fourth-order valence-electron chi connectivity index (χ4n) is 1.34. The molecule has 0 saturated carbocycles. The summed E-state index contributed by atoms with van der Waals surface area (Å²) in [6.45, 7) is 2.49. The predicted molar refractivity (Wildman–Crippen MR) is 66.7 cm³/mol. The van der Waals surface area contributed by atoms with Crippen molar-refractivity contribution in [3.05, 3.63) is 23.8 Å². The molecule has 0 unspecified atom stereocenters. The first-order valence-corrected chi connectivity index (χ1v) is 6.70. The average molecular weight is 243 g/mol. The zero-order valence-corrected chi connectivity index (χ0v) is 10.0. The Balaban J connectivity index is 2.43. The molecule has 1 rings (SSSR count). The number of benzene rings is 1. The van der Waals surface area contributed by atoms with Crippen LogP contribution in [0, 0.1) is 6.92 Å². The van der Waals surface area contributed by atoms with Gasteiger partial charge >= 0.3 is 0 Å². The lowest BCUT2D eigenvalue weighted by Gasteiger charge is -2.09. The molecule has 1 aromatic carbocycles. The molecule has 5 N–H and O–H groups in total. The molecule has 90 valence electrons. The van der Waals surface area contributed by atoms with E-state index in [1.54, 1.807) is 0 Å². The molecule has 0 bridgehead atoms. The maximum atomic E-state index is 10.7. The molecule has 6 heteroatoms. The topological polar surface area (TPSA) is 98.2 Å². The molecule has 0 aliphatic rings. The van der Waals surface area contributed by atoms with Crippen LogP contribution in [0.15, 0.2) is 18.2 Å². The summed E-state index contributed by atoms with van der Waals surface area (Å²) in [4.78, 5) is 0. The Bertz CT molecular complexity index is 457. The van der Waals surface area contributed by atoms with Crippen LogP contribution in [0.25, 0.3) is 0 Å². The van der Waals surface area contributed by atoms with Gasteiger partial charge in [0.2, 0.25) is 10.0 Å². The first-order valence-electron chi connectivity index (χ1n) is 4.99. The van der Waals surface area contributed by atoms with Gasteiger partial charge in [-0.2, -0.15) is 0 Å². The number of rotatable bonds is 5. The Morgan fingerprint density at radius 1 is 1.38 bits per heavy atom. The highest BCUT2D eigenvalue weighted by molar-refractivity contribution is 7.89. The normalized spacial score (nSPS) is 11.4. The highest BCUT2D eigenvalue weighted by Gasteiger charge is 2.02. The second kappa shape index (κ2) is 5.18. The molecular formula is C10H17N3O2S. The molecule has 0 aliphatic carbocycles. The monoisotopic (exact) mass is 243 g/mol.